The zero-order chi connectivity index (χ0) is 13.9. The molecule has 3 nitrogen and oxygen atoms in total. The molecule has 1 N–H and O–H groups in total. The number of rotatable bonds is 4. The summed E-state index contributed by atoms with van der Waals surface area (Å²) in [4.78, 5) is 10.3. The standard InChI is InChI=1S/C10H7F5O3/c11-5-1-2-7(6(12)3-5)18-8(4-9(16)17)10(13,14)15/h1-3,8H,4H2,(H,16,17). The van der Waals surface area contributed by atoms with Gasteiger partial charge in [0.25, 0.3) is 0 Å². The van der Waals surface area contributed by atoms with Crippen molar-refractivity contribution in [2.24, 2.45) is 0 Å². The van der Waals surface area contributed by atoms with Gasteiger partial charge in [0.15, 0.2) is 11.6 Å². The summed E-state index contributed by atoms with van der Waals surface area (Å²) in [6, 6.07) is 1.70. The quantitative estimate of drug-likeness (QED) is 0.856. The molecule has 1 atom stereocenters. The second-order valence-corrected chi connectivity index (χ2v) is 3.32. The fraction of sp³-hybridized carbons (Fsp3) is 0.300. The van der Waals surface area contributed by atoms with Gasteiger partial charge in [-0.3, -0.25) is 4.79 Å². The van der Waals surface area contributed by atoms with Crippen LogP contribution in [0, 0.1) is 11.6 Å². The largest absolute Gasteiger partial charge is 0.481 e. The van der Waals surface area contributed by atoms with Gasteiger partial charge in [-0.15, -0.1) is 0 Å². The van der Waals surface area contributed by atoms with E-state index in [0.29, 0.717) is 18.2 Å². The molecule has 0 aromatic heterocycles. The van der Waals surface area contributed by atoms with Crippen molar-refractivity contribution in [2.45, 2.75) is 18.7 Å². The van der Waals surface area contributed by atoms with Crippen LogP contribution in [0.4, 0.5) is 22.0 Å². The molecular weight excluding hydrogens is 263 g/mol. The first-order chi connectivity index (χ1) is 8.20. The summed E-state index contributed by atoms with van der Waals surface area (Å²) >= 11 is 0. The third-order valence-electron chi connectivity index (χ3n) is 1.89. The Balaban J connectivity index is 2.92. The smallest absolute Gasteiger partial charge is 0.426 e. The number of hydrogen-bond acceptors (Lipinski definition) is 2. The Bertz CT molecular complexity index is 444. The number of halogens is 5. The van der Waals surface area contributed by atoms with E-state index in [1.165, 1.54) is 0 Å². The number of aliphatic carboxylic acids is 1. The highest BCUT2D eigenvalue weighted by Gasteiger charge is 2.43. The van der Waals surface area contributed by atoms with Crippen molar-refractivity contribution >= 4 is 5.97 Å². The van der Waals surface area contributed by atoms with Gasteiger partial charge in [0.1, 0.15) is 5.82 Å². The lowest BCUT2D eigenvalue weighted by Gasteiger charge is -2.20. The predicted octanol–water partition coefficient (Wildman–Crippen LogP) is 2.75. The fourth-order valence-electron chi connectivity index (χ4n) is 1.11. The average Bonchev–Trinajstić information content (AvgIpc) is 2.18. The maximum absolute atomic E-state index is 13.1. The van der Waals surface area contributed by atoms with Crippen LogP contribution in [0.1, 0.15) is 6.42 Å². The minimum atomic E-state index is -4.97. The molecule has 0 aliphatic heterocycles. The van der Waals surface area contributed by atoms with Gasteiger partial charge >= 0.3 is 12.1 Å². The van der Waals surface area contributed by atoms with Crippen LogP contribution in [0.5, 0.6) is 5.75 Å². The van der Waals surface area contributed by atoms with Crippen LogP contribution in [0.15, 0.2) is 18.2 Å². The Morgan fingerprint density at radius 3 is 2.39 bits per heavy atom. The normalized spacial score (nSPS) is 13.2. The van der Waals surface area contributed by atoms with Gasteiger partial charge in [-0.2, -0.15) is 13.2 Å². The van der Waals surface area contributed by atoms with Crippen LogP contribution in [0.2, 0.25) is 0 Å². The summed E-state index contributed by atoms with van der Waals surface area (Å²) in [5.41, 5.74) is 0. The molecule has 1 aromatic carbocycles. The van der Waals surface area contributed by atoms with Gasteiger partial charge in [-0.1, -0.05) is 0 Å². The minimum absolute atomic E-state index is 0.337. The third-order valence-corrected chi connectivity index (χ3v) is 1.89. The van der Waals surface area contributed by atoms with Crippen LogP contribution in [-0.4, -0.2) is 23.4 Å². The van der Waals surface area contributed by atoms with E-state index in [0.717, 1.165) is 0 Å². The zero-order valence-corrected chi connectivity index (χ0v) is 8.67. The summed E-state index contributed by atoms with van der Waals surface area (Å²) in [5, 5.41) is 8.30. The van der Waals surface area contributed by atoms with E-state index in [1.807, 2.05) is 0 Å². The van der Waals surface area contributed by atoms with Crippen LogP contribution < -0.4 is 4.74 Å². The van der Waals surface area contributed by atoms with Gasteiger partial charge in [-0.05, 0) is 12.1 Å². The molecule has 18 heavy (non-hydrogen) atoms. The molecule has 0 aliphatic carbocycles. The fourth-order valence-corrected chi connectivity index (χ4v) is 1.11. The molecule has 1 aromatic rings. The molecule has 0 radical (unpaired) electrons. The molecule has 0 amide bonds. The molecule has 1 rings (SSSR count). The SMILES string of the molecule is O=C(O)CC(Oc1ccc(F)cc1F)C(F)(F)F. The van der Waals surface area contributed by atoms with Gasteiger partial charge in [0.2, 0.25) is 6.10 Å². The van der Waals surface area contributed by atoms with Gasteiger partial charge in [0, 0.05) is 6.07 Å². The first kappa shape index (κ1) is 14.2. The van der Waals surface area contributed by atoms with E-state index < -0.39 is 42.1 Å². The number of carboxylic acid groups (broad SMARTS) is 1. The van der Waals surface area contributed by atoms with Gasteiger partial charge in [-0.25, -0.2) is 8.78 Å². The zero-order valence-electron chi connectivity index (χ0n) is 8.67. The third kappa shape index (κ3) is 3.86. The topological polar surface area (TPSA) is 46.5 Å². The first-order valence-electron chi connectivity index (χ1n) is 4.60. The Morgan fingerprint density at radius 2 is 1.94 bits per heavy atom. The van der Waals surface area contributed by atoms with E-state index in [-0.39, 0.29) is 0 Å². The van der Waals surface area contributed by atoms with Crippen LogP contribution >= 0.6 is 0 Å². The van der Waals surface area contributed by atoms with Crippen molar-refractivity contribution in [3.8, 4) is 5.75 Å². The second-order valence-electron chi connectivity index (χ2n) is 3.32. The predicted molar refractivity (Wildman–Crippen MR) is 49.1 cm³/mol. The van der Waals surface area contributed by atoms with E-state index >= 15 is 0 Å². The minimum Gasteiger partial charge on any atom is -0.481 e. The molecule has 8 heteroatoms. The number of carbonyl (C=O) groups is 1. The molecule has 100 valence electrons. The van der Waals surface area contributed by atoms with Crippen molar-refractivity contribution in [3.63, 3.8) is 0 Å². The number of carboxylic acids is 1. The summed E-state index contributed by atoms with van der Waals surface area (Å²) < 4.78 is 67.0. The summed E-state index contributed by atoms with van der Waals surface area (Å²) in [5.74, 6) is -4.93. The maximum atomic E-state index is 13.1. The highest BCUT2D eigenvalue weighted by atomic mass is 19.4. The average molecular weight is 270 g/mol. The Morgan fingerprint density at radius 1 is 1.33 bits per heavy atom. The van der Waals surface area contributed by atoms with E-state index in [4.69, 9.17) is 5.11 Å². The number of ether oxygens (including phenoxy) is 1. The molecule has 0 heterocycles. The highest BCUT2D eigenvalue weighted by molar-refractivity contribution is 5.67. The highest BCUT2D eigenvalue weighted by Crippen LogP contribution is 2.29. The summed E-state index contributed by atoms with van der Waals surface area (Å²) in [6.45, 7) is 0. The summed E-state index contributed by atoms with van der Waals surface area (Å²) in [7, 11) is 0. The Kier molecular flexibility index (Phi) is 4.10. The van der Waals surface area contributed by atoms with E-state index in [9.17, 15) is 26.7 Å². The molecule has 0 fully saturated rings. The van der Waals surface area contributed by atoms with Crippen molar-refractivity contribution in [3.05, 3.63) is 29.8 Å². The molecule has 0 saturated carbocycles. The summed E-state index contributed by atoms with van der Waals surface area (Å²) in [6.07, 6.45) is -9.05. The van der Waals surface area contributed by atoms with Crippen LogP contribution in [-0.2, 0) is 4.79 Å². The molecule has 0 bridgehead atoms. The Hall–Kier alpha value is -1.86. The van der Waals surface area contributed by atoms with Gasteiger partial charge < -0.3 is 9.84 Å². The van der Waals surface area contributed by atoms with E-state index in [2.05, 4.69) is 4.74 Å². The van der Waals surface area contributed by atoms with Crippen molar-refractivity contribution in [1.82, 2.24) is 0 Å². The second kappa shape index (κ2) is 5.19. The van der Waals surface area contributed by atoms with Crippen molar-refractivity contribution in [2.75, 3.05) is 0 Å². The van der Waals surface area contributed by atoms with Gasteiger partial charge in [0.05, 0.1) is 6.42 Å². The molecule has 1 unspecified atom stereocenters. The number of hydrogen-bond donors (Lipinski definition) is 1. The molecule has 0 aliphatic rings. The van der Waals surface area contributed by atoms with E-state index in [1.54, 1.807) is 0 Å². The first-order valence-corrected chi connectivity index (χ1v) is 4.60. The monoisotopic (exact) mass is 270 g/mol. The van der Waals surface area contributed by atoms with Crippen LogP contribution in [0.25, 0.3) is 0 Å². The lowest BCUT2D eigenvalue weighted by molar-refractivity contribution is -0.201. The molecule has 0 saturated heterocycles. The lowest BCUT2D eigenvalue weighted by atomic mass is 10.2. The maximum Gasteiger partial charge on any atom is 0.426 e. The lowest BCUT2D eigenvalue weighted by Crippen LogP contribution is -2.36. The van der Waals surface area contributed by atoms with Crippen LogP contribution in [0.3, 0.4) is 0 Å². The van der Waals surface area contributed by atoms with Crippen molar-refractivity contribution < 1.29 is 36.6 Å². The molecule has 0 spiro atoms. The molecular formula is C10H7F5O3. The van der Waals surface area contributed by atoms with Crippen molar-refractivity contribution in [1.29, 1.82) is 0 Å². The number of alkyl halides is 3. The number of benzene rings is 1. The Labute approximate surface area is 97.8 Å².